The molecule has 1 fully saturated rings. The van der Waals surface area contributed by atoms with Gasteiger partial charge in [0.25, 0.3) is 0 Å². The zero-order valence-corrected chi connectivity index (χ0v) is 12.8. The van der Waals surface area contributed by atoms with Crippen LogP contribution in [0.4, 0.5) is 5.69 Å². The van der Waals surface area contributed by atoms with E-state index in [9.17, 15) is 0 Å². The van der Waals surface area contributed by atoms with Crippen LogP contribution in [-0.2, 0) is 0 Å². The topological polar surface area (TPSA) is 42.8 Å². The molecule has 4 nitrogen and oxygen atoms in total. The fourth-order valence-corrected chi connectivity index (χ4v) is 4.08. The summed E-state index contributed by atoms with van der Waals surface area (Å²) in [5.41, 5.74) is 1.20. The molecule has 108 valence electrons. The molecule has 2 aliphatic rings. The molecule has 20 heavy (non-hydrogen) atoms. The molecule has 3 rings (SSSR count). The summed E-state index contributed by atoms with van der Waals surface area (Å²) in [5.74, 6) is 2.59. The van der Waals surface area contributed by atoms with Gasteiger partial charge >= 0.3 is 0 Å². The molecule has 1 aliphatic carbocycles. The Kier molecular flexibility index (Phi) is 3.78. The van der Waals surface area contributed by atoms with Gasteiger partial charge in [-0.2, -0.15) is 0 Å². The van der Waals surface area contributed by atoms with E-state index in [0.717, 1.165) is 28.1 Å². The maximum absolute atomic E-state index is 5.32. The summed E-state index contributed by atoms with van der Waals surface area (Å²) in [7, 11) is 3.29. The molecule has 0 radical (unpaired) electrons. The minimum Gasteiger partial charge on any atom is -0.493 e. The largest absolute Gasteiger partial charge is 0.493 e. The number of amidine groups is 1. The number of anilines is 1. The van der Waals surface area contributed by atoms with Crippen molar-refractivity contribution in [2.45, 2.75) is 31.2 Å². The summed E-state index contributed by atoms with van der Waals surface area (Å²) >= 11 is 1.82. The molecule has 0 bridgehead atoms. The highest BCUT2D eigenvalue weighted by atomic mass is 32.2. The molecule has 5 heteroatoms. The van der Waals surface area contributed by atoms with E-state index in [1.807, 2.05) is 30.0 Å². The van der Waals surface area contributed by atoms with Crippen LogP contribution in [0, 0.1) is 0 Å². The molecule has 1 aromatic carbocycles. The quantitative estimate of drug-likeness (QED) is 0.925. The zero-order valence-electron chi connectivity index (χ0n) is 11.9. The summed E-state index contributed by atoms with van der Waals surface area (Å²) in [6.07, 6.45) is 5.09. The van der Waals surface area contributed by atoms with E-state index in [0.29, 0.717) is 0 Å². The number of rotatable bonds is 3. The highest BCUT2D eigenvalue weighted by Crippen LogP contribution is 2.41. The number of thioether (sulfide) groups is 1. The molecule has 0 aromatic heterocycles. The van der Waals surface area contributed by atoms with Crippen LogP contribution in [0.2, 0.25) is 0 Å². The number of nitrogens with zero attached hydrogens (tertiary/aromatic N) is 1. The summed E-state index contributed by atoms with van der Waals surface area (Å²) in [6.45, 7) is 0. The second-order valence-electron chi connectivity index (χ2n) is 5.33. The maximum Gasteiger partial charge on any atom is 0.162 e. The van der Waals surface area contributed by atoms with Crippen LogP contribution in [0.1, 0.15) is 25.7 Å². The Morgan fingerprint density at radius 1 is 1.15 bits per heavy atom. The van der Waals surface area contributed by atoms with E-state index < -0.39 is 0 Å². The van der Waals surface area contributed by atoms with Gasteiger partial charge in [-0.1, -0.05) is 24.6 Å². The van der Waals surface area contributed by atoms with Crippen molar-refractivity contribution < 1.29 is 9.47 Å². The van der Waals surface area contributed by atoms with Gasteiger partial charge in [-0.25, -0.2) is 0 Å². The smallest absolute Gasteiger partial charge is 0.162 e. The first kappa shape index (κ1) is 13.6. The Balaban J connectivity index is 1.75. The molecule has 1 aliphatic heterocycles. The Hall–Kier alpha value is -1.36. The molecule has 1 N–H and O–H groups in total. The van der Waals surface area contributed by atoms with E-state index in [1.165, 1.54) is 25.7 Å². The molecule has 1 aromatic rings. The highest BCUT2D eigenvalue weighted by Gasteiger charge is 2.38. The Morgan fingerprint density at radius 2 is 1.90 bits per heavy atom. The molecule has 0 unspecified atom stereocenters. The number of hydrogen-bond acceptors (Lipinski definition) is 5. The van der Waals surface area contributed by atoms with E-state index >= 15 is 0 Å². The minimum absolute atomic E-state index is 0.212. The first-order chi connectivity index (χ1) is 9.74. The number of benzene rings is 1. The van der Waals surface area contributed by atoms with Crippen molar-refractivity contribution in [1.82, 2.24) is 0 Å². The van der Waals surface area contributed by atoms with Crippen molar-refractivity contribution in [3.05, 3.63) is 18.2 Å². The van der Waals surface area contributed by atoms with Gasteiger partial charge in [-0.15, -0.1) is 0 Å². The van der Waals surface area contributed by atoms with E-state index in [4.69, 9.17) is 14.5 Å². The number of ether oxygens (including phenoxy) is 2. The van der Waals surface area contributed by atoms with Gasteiger partial charge in [-0.05, 0) is 25.0 Å². The van der Waals surface area contributed by atoms with Crippen LogP contribution in [0.15, 0.2) is 23.2 Å². The standard InChI is InChI=1S/C15H20N2O2S/c1-18-12-6-5-11(9-13(12)19-2)16-14-17-15(10-20-14)7-3-4-8-15/h5-6,9H,3-4,7-8,10H2,1-2H3,(H,16,17). The van der Waals surface area contributed by atoms with Gasteiger partial charge in [0.2, 0.25) is 0 Å². The van der Waals surface area contributed by atoms with Crippen LogP contribution < -0.4 is 14.8 Å². The molecular weight excluding hydrogens is 272 g/mol. The summed E-state index contributed by atoms with van der Waals surface area (Å²) in [4.78, 5) is 4.91. The molecule has 0 saturated heterocycles. The first-order valence-corrected chi connectivity index (χ1v) is 7.95. The minimum atomic E-state index is 0.212. The summed E-state index contributed by atoms with van der Waals surface area (Å²) in [5, 5.41) is 4.42. The molecule has 1 heterocycles. The third-order valence-electron chi connectivity index (χ3n) is 3.99. The molecule has 1 spiro atoms. The average Bonchev–Trinajstić information content (AvgIpc) is 3.09. The van der Waals surface area contributed by atoms with Crippen LogP contribution in [0.5, 0.6) is 11.5 Å². The van der Waals surface area contributed by atoms with Crippen LogP contribution >= 0.6 is 11.8 Å². The fourth-order valence-electron chi connectivity index (χ4n) is 2.87. The third kappa shape index (κ3) is 2.59. The van der Waals surface area contributed by atoms with E-state index in [2.05, 4.69) is 5.32 Å². The van der Waals surface area contributed by atoms with Crippen molar-refractivity contribution in [2.24, 2.45) is 4.99 Å². The Labute approximate surface area is 123 Å². The van der Waals surface area contributed by atoms with Gasteiger partial charge in [0, 0.05) is 17.5 Å². The number of methoxy groups -OCH3 is 2. The van der Waals surface area contributed by atoms with Gasteiger partial charge < -0.3 is 14.8 Å². The lowest BCUT2D eigenvalue weighted by atomic mass is 10.0. The Bertz CT molecular complexity index is 525. The van der Waals surface area contributed by atoms with Crippen molar-refractivity contribution in [2.75, 3.05) is 25.3 Å². The molecule has 0 atom stereocenters. The lowest BCUT2D eigenvalue weighted by molar-refractivity contribution is 0.355. The number of nitrogens with one attached hydrogen (secondary N) is 1. The van der Waals surface area contributed by atoms with Crippen molar-refractivity contribution in [3.8, 4) is 11.5 Å². The second-order valence-corrected chi connectivity index (χ2v) is 6.30. The van der Waals surface area contributed by atoms with E-state index in [1.54, 1.807) is 14.2 Å². The normalized spacial score (nSPS) is 20.0. The fraction of sp³-hybridized carbons (Fsp3) is 0.533. The molecule has 1 saturated carbocycles. The zero-order chi connectivity index (χ0) is 14.0. The molecule has 0 amide bonds. The van der Waals surface area contributed by atoms with Crippen molar-refractivity contribution >= 4 is 22.6 Å². The average molecular weight is 292 g/mol. The lowest BCUT2D eigenvalue weighted by Crippen LogP contribution is -2.21. The van der Waals surface area contributed by atoms with Crippen LogP contribution in [0.3, 0.4) is 0 Å². The van der Waals surface area contributed by atoms with E-state index in [-0.39, 0.29) is 5.54 Å². The van der Waals surface area contributed by atoms with Gasteiger partial charge in [0.15, 0.2) is 16.7 Å². The number of aliphatic imine (C=N–C) groups is 1. The molecular formula is C15H20N2O2S. The second kappa shape index (κ2) is 5.56. The predicted molar refractivity (Wildman–Crippen MR) is 84.3 cm³/mol. The first-order valence-electron chi connectivity index (χ1n) is 6.96. The van der Waals surface area contributed by atoms with Crippen LogP contribution in [-0.4, -0.2) is 30.7 Å². The summed E-state index contributed by atoms with van der Waals surface area (Å²) < 4.78 is 10.6. The lowest BCUT2D eigenvalue weighted by Gasteiger charge is -2.16. The van der Waals surface area contributed by atoms with Crippen molar-refractivity contribution in [1.29, 1.82) is 0 Å². The van der Waals surface area contributed by atoms with Crippen LogP contribution in [0.25, 0.3) is 0 Å². The van der Waals surface area contributed by atoms with Gasteiger partial charge in [0.05, 0.1) is 19.8 Å². The van der Waals surface area contributed by atoms with Crippen molar-refractivity contribution in [3.63, 3.8) is 0 Å². The highest BCUT2D eigenvalue weighted by molar-refractivity contribution is 8.14. The maximum atomic E-state index is 5.32. The predicted octanol–water partition coefficient (Wildman–Crippen LogP) is 3.53. The monoisotopic (exact) mass is 292 g/mol. The third-order valence-corrected chi connectivity index (χ3v) is 5.13. The number of hydrogen-bond donors (Lipinski definition) is 1. The summed E-state index contributed by atoms with van der Waals surface area (Å²) in [6, 6.07) is 5.85. The Morgan fingerprint density at radius 3 is 2.60 bits per heavy atom. The van der Waals surface area contributed by atoms with Gasteiger partial charge in [0.1, 0.15) is 0 Å². The SMILES string of the molecule is COc1ccc(NC2=NC3(CCCC3)CS2)cc1OC. The van der Waals surface area contributed by atoms with Gasteiger partial charge in [-0.3, -0.25) is 4.99 Å².